The molecule has 0 atom stereocenters. The third-order valence-corrected chi connectivity index (χ3v) is 5.00. The van der Waals surface area contributed by atoms with E-state index in [9.17, 15) is 13.6 Å². The zero-order valence-corrected chi connectivity index (χ0v) is 11.2. The van der Waals surface area contributed by atoms with Crippen LogP contribution in [0.1, 0.15) is 36.8 Å². The van der Waals surface area contributed by atoms with Crippen molar-refractivity contribution in [3.8, 4) is 0 Å². The Balaban J connectivity index is 2.12. The van der Waals surface area contributed by atoms with Crippen LogP contribution in [0.3, 0.4) is 0 Å². The summed E-state index contributed by atoms with van der Waals surface area (Å²) in [5.41, 5.74) is 1.20. The Morgan fingerprint density at radius 2 is 1.72 bits per heavy atom. The number of allylic oxidation sites excluding steroid dienone is 1. The molecule has 0 N–H and O–H groups in total. The van der Waals surface area contributed by atoms with E-state index in [4.69, 9.17) is 0 Å². The topological polar surface area (TPSA) is 17.1 Å². The van der Waals surface area contributed by atoms with Gasteiger partial charge in [0.05, 0.1) is 0 Å². The number of hydrogen-bond acceptors (Lipinski definition) is 1. The molecule has 3 rings (SSSR count). The average Bonchev–Trinajstić information content (AvgIpc) is 2.58. The summed E-state index contributed by atoms with van der Waals surface area (Å²) in [6, 6.07) is 2.52. The minimum Gasteiger partial charge on any atom is -0.300 e. The average molecular weight is 313 g/mol. The van der Waals surface area contributed by atoms with Crippen LogP contribution in [0.5, 0.6) is 0 Å². The van der Waals surface area contributed by atoms with Crippen molar-refractivity contribution in [3.63, 3.8) is 0 Å². The van der Waals surface area contributed by atoms with Gasteiger partial charge in [-0.15, -0.1) is 0 Å². The van der Waals surface area contributed by atoms with E-state index in [-0.39, 0.29) is 11.2 Å². The number of carbonyl (C=O) groups is 1. The van der Waals surface area contributed by atoms with Crippen molar-refractivity contribution in [1.82, 2.24) is 0 Å². The van der Waals surface area contributed by atoms with E-state index in [0.29, 0.717) is 25.7 Å². The van der Waals surface area contributed by atoms with Crippen LogP contribution < -0.4 is 0 Å². The zero-order chi connectivity index (χ0) is 12.9. The number of halogens is 3. The van der Waals surface area contributed by atoms with Gasteiger partial charge in [0, 0.05) is 22.7 Å². The molecule has 0 aromatic heterocycles. The van der Waals surface area contributed by atoms with E-state index in [1.807, 2.05) is 6.08 Å². The summed E-state index contributed by atoms with van der Waals surface area (Å²) in [6.45, 7) is 0. The van der Waals surface area contributed by atoms with Gasteiger partial charge in [0.15, 0.2) is 11.6 Å². The summed E-state index contributed by atoms with van der Waals surface area (Å²) >= 11 is 3.51. The van der Waals surface area contributed by atoms with E-state index in [0.717, 1.165) is 15.6 Å². The van der Waals surface area contributed by atoms with E-state index in [1.54, 1.807) is 0 Å². The predicted octanol–water partition coefficient (Wildman–Crippen LogP) is 4.10. The van der Waals surface area contributed by atoms with Crippen molar-refractivity contribution in [3.05, 3.63) is 39.4 Å². The SMILES string of the molecule is O=C1CCC2(CC1)C(Br)=Cc1cc(F)c(F)cc12. The first-order valence-corrected chi connectivity index (χ1v) is 6.71. The molecule has 18 heavy (non-hydrogen) atoms. The Labute approximate surface area is 112 Å². The van der Waals surface area contributed by atoms with Gasteiger partial charge in [-0.2, -0.15) is 0 Å². The van der Waals surface area contributed by atoms with Gasteiger partial charge in [0.25, 0.3) is 0 Å². The number of ketones is 1. The fourth-order valence-corrected chi connectivity index (χ4v) is 3.82. The third-order valence-electron chi connectivity index (χ3n) is 4.01. The lowest BCUT2D eigenvalue weighted by atomic mass is 9.70. The van der Waals surface area contributed by atoms with Crippen LogP contribution >= 0.6 is 15.9 Å². The van der Waals surface area contributed by atoms with Crippen molar-refractivity contribution in [2.75, 3.05) is 0 Å². The summed E-state index contributed by atoms with van der Waals surface area (Å²) < 4.78 is 27.6. The quantitative estimate of drug-likeness (QED) is 0.705. The number of hydrogen-bond donors (Lipinski definition) is 0. The minimum absolute atomic E-state index is 0.247. The molecule has 2 aliphatic carbocycles. The Morgan fingerprint density at radius 3 is 2.39 bits per heavy atom. The van der Waals surface area contributed by atoms with Gasteiger partial charge in [-0.1, -0.05) is 15.9 Å². The van der Waals surface area contributed by atoms with Gasteiger partial charge in [-0.25, -0.2) is 8.78 Å². The van der Waals surface area contributed by atoms with Crippen molar-refractivity contribution in [2.24, 2.45) is 0 Å². The molecule has 0 amide bonds. The Morgan fingerprint density at radius 1 is 1.11 bits per heavy atom. The Kier molecular flexibility index (Phi) is 2.66. The summed E-state index contributed by atoms with van der Waals surface area (Å²) in [5.74, 6) is -1.40. The van der Waals surface area contributed by atoms with Crippen LogP contribution in [0.15, 0.2) is 16.6 Å². The number of fused-ring (bicyclic) bond motifs is 2. The number of Topliss-reactive ketones (excluding diaryl/α,β-unsaturated/α-hetero) is 1. The first-order chi connectivity index (χ1) is 8.53. The molecule has 0 saturated heterocycles. The molecule has 0 radical (unpaired) electrons. The molecule has 1 aromatic rings. The lowest BCUT2D eigenvalue weighted by Crippen LogP contribution is -2.31. The number of rotatable bonds is 0. The van der Waals surface area contributed by atoms with Crippen LogP contribution in [-0.4, -0.2) is 5.78 Å². The summed E-state index contributed by atoms with van der Waals surface area (Å²) in [6.07, 6.45) is 4.18. The van der Waals surface area contributed by atoms with E-state index >= 15 is 0 Å². The fraction of sp³-hybridized carbons (Fsp3) is 0.357. The number of benzene rings is 1. The van der Waals surface area contributed by atoms with Crippen molar-refractivity contribution in [1.29, 1.82) is 0 Å². The normalized spacial score (nSPS) is 21.1. The van der Waals surface area contributed by atoms with Gasteiger partial charge in [0.1, 0.15) is 5.78 Å². The molecular weight excluding hydrogens is 302 g/mol. The molecule has 4 heteroatoms. The highest BCUT2D eigenvalue weighted by molar-refractivity contribution is 9.11. The lowest BCUT2D eigenvalue weighted by Gasteiger charge is -2.35. The first kappa shape index (κ1) is 12.0. The molecule has 1 aromatic carbocycles. The summed E-state index contributed by atoms with van der Waals surface area (Å²) in [7, 11) is 0. The first-order valence-electron chi connectivity index (χ1n) is 5.92. The van der Waals surface area contributed by atoms with Gasteiger partial charge < -0.3 is 0 Å². The van der Waals surface area contributed by atoms with Crippen LogP contribution in [-0.2, 0) is 10.2 Å². The molecule has 0 aliphatic heterocycles. The second kappa shape index (κ2) is 3.98. The van der Waals surface area contributed by atoms with Gasteiger partial charge in [-0.05, 0) is 42.2 Å². The molecule has 1 nitrogen and oxygen atoms in total. The number of carbonyl (C=O) groups excluding carboxylic acids is 1. The molecule has 1 spiro atoms. The maximum atomic E-state index is 13.4. The highest BCUT2D eigenvalue weighted by Gasteiger charge is 2.43. The van der Waals surface area contributed by atoms with Crippen LogP contribution in [0.25, 0.3) is 6.08 Å². The molecular formula is C14H11BrF2O. The van der Waals surface area contributed by atoms with Gasteiger partial charge in [0.2, 0.25) is 0 Å². The maximum absolute atomic E-state index is 13.4. The smallest absolute Gasteiger partial charge is 0.159 e. The van der Waals surface area contributed by atoms with Crippen LogP contribution in [0.2, 0.25) is 0 Å². The second-order valence-corrected chi connectivity index (χ2v) is 5.82. The highest BCUT2D eigenvalue weighted by atomic mass is 79.9. The van der Waals surface area contributed by atoms with Gasteiger partial charge in [-0.3, -0.25) is 4.79 Å². The largest absolute Gasteiger partial charge is 0.300 e. The van der Waals surface area contributed by atoms with Crippen molar-refractivity contribution in [2.45, 2.75) is 31.1 Å². The summed E-state index contributed by atoms with van der Waals surface area (Å²) in [5, 5.41) is 0. The van der Waals surface area contributed by atoms with Gasteiger partial charge >= 0.3 is 0 Å². The zero-order valence-electron chi connectivity index (χ0n) is 9.60. The Hall–Kier alpha value is -1.03. The molecule has 0 unspecified atom stereocenters. The van der Waals surface area contributed by atoms with E-state index < -0.39 is 11.6 Å². The molecule has 2 aliphatic rings. The van der Waals surface area contributed by atoms with E-state index in [1.165, 1.54) is 12.1 Å². The third kappa shape index (κ3) is 1.58. The fourth-order valence-electron chi connectivity index (χ4n) is 2.96. The van der Waals surface area contributed by atoms with Crippen LogP contribution in [0, 0.1) is 11.6 Å². The molecule has 0 bridgehead atoms. The highest BCUT2D eigenvalue weighted by Crippen LogP contribution is 2.52. The predicted molar refractivity (Wildman–Crippen MR) is 68.4 cm³/mol. The standard InChI is InChI=1S/C14H11BrF2O/c15-13-6-8-5-11(16)12(17)7-10(8)14(13)3-1-9(18)2-4-14/h5-7H,1-4H2. The molecule has 1 fully saturated rings. The monoisotopic (exact) mass is 312 g/mol. The lowest BCUT2D eigenvalue weighted by molar-refractivity contribution is -0.121. The van der Waals surface area contributed by atoms with E-state index in [2.05, 4.69) is 15.9 Å². The molecule has 1 saturated carbocycles. The van der Waals surface area contributed by atoms with Crippen molar-refractivity contribution >= 4 is 27.8 Å². The minimum atomic E-state index is -0.825. The maximum Gasteiger partial charge on any atom is 0.159 e. The van der Waals surface area contributed by atoms with Crippen molar-refractivity contribution < 1.29 is 13.6 Å². The Bertz CT molecular complexity index is 567. The molecule has 94 valence electrons. The molecule has 0 heterocycles. The van der Waals surface area contributed by atoms with Crippen LogP contribution in [0.4, 0.5) is 8.78 Å². The second-order valence-electron chi connectivity index (χ2n) is 4.97. The summed E-state index contributed by atoms with van der Waals surface area (Å²) in [4.78, 5) is 11.4.